The molecule has 0 amide bonds. The van der Waals surface area contributed by atoms with Crippen LogP contribution in [-0.2, 0) is 6.54 Å². The van der Waals surface area contributed by atoms with Gasteiger partial charge in [0.1, 0.15) is 5.75 Å². The van der Waals surface area contributed by atoms with Crippen LogP contribution in [0.3, 0.4) is 0 Å². The molecule has 4 N–H and O–H groups in total. The van der Waals surface area contributed by atoms with Gasteiger partial charge in [-0.15, -0.1) is 0 Å². The zero-order valence-electron chi connectivity index (χ0n) is 9.62. The maximum atomic E-state index is 11.4. The largest absolute Gasteiger partial charge is 0.494 e. The average molecular weight is 233 g/mol. The van der Waals surface area contributed by atoms with E-state index in [2.05, 4.69) is 10.2 Å². The normalized spacial score (nSPS) is 10.5. The minimum atomic E-state index is -0.170. The van der Waals surface area contributed by atoms with Crippen molar-refractivity contribution >= 4 is 0 Å². The molecule has 2 aromatic rings. The van der Waals surface area contributed by atoms with Crippen molar-refractivity contribution in [3.63, 3.8) is 0 Å². The zero-order chi connectivity index (χ0) is 12.3. The van der Waals surface area contributed by atoms with Crippen molar-refractivity contribution in [1.82, 2.24) is 10.2 Å². The van der Waals surface area contributed by atoms with Crippen LogP contribution in [0.4, 0.5) is 0 Å². The summed E-state index contributed by atoms with van der Waals surface area (Å²) in [5, 5.41) is 5.37. The van der Waals surface area contributed by atoms with Gasteiger partial charge in [0.2, 0.25) is 0 Å². The maximum Gasteiger partial charge on any atom is 0.269 e. The number of aromatic nitrogens is 2. The fourth-order valence-electron chi connectivity index (χ4n) is 1.71. The number of ether oxygens (including phenoxy) is 1. The molecule has 1 heterocycles. The number of nitrogens with two attached hydrogens (primary N) is 1. The Hall–Kier alpha value is -2.01. The third-order valence-corrected chi connectivity index (χ3v) is 2.54. The van der Waals surface area contributed by atoms with Crippen LogP contribution in [-0.4, -0.2) is 16.8 Å². The molecule has 0 aliphatic heterocycles. The van der Waals surface area contributed by atoms with Crippen molar-refractivity contribution in [3.8, 4) is 17.0 Å². The van der Waals surface area contributed by atoms with Gasteiger partial charge >= 0.3 is 0 Å². The lowest BCUT2D eigenvalue weighted by molar-refractivity contribution is 0.340. The summed E-state index contributed by atoms with van der Waals surface area (Å²) >= 11 is 0. The summed E-state index contributed by atoms with van der Waals surface area (Å²) < 4.78 is 5.35. The number of aromatic amines is 2. The van der Waals surface area contributed by atoms with Gasteiger partial charge in [-0.3, -0.25) is 15.0 Å². The predicted molar refractivity (Wildman–Crippen MR) is 65.9 cm³/mol. The standard InChI is InChI=1S/C12H15N3O2/c1-2-17-9-5-3-8(4-6-9)11-10(7-13)12(16)15-14-11/h3-6H,2,7,13H2,1H3,(H2,14,15,16). The molecule has 0 radical (unpaired) electrons. The van der Waals surface area contributed by atoms with Crippen molar-refractivity contribution in [2.75, 3.05) is 6.61 Å². The predicted octanol–water partition coefficient (Wildman–Crippen LogP) is 1.23. The molecule has 0 atom stereocenters. The van der Waals surface area contributed by atoms with Crippen LogP contribution < -0.4 is 16.0 Å². The topological polar surface area (TPSA) is 83.9 Å². The Morgan fingerprint density at radius 3 is 2.53 bits per heavy atom. The quantitative estimate of drug-likeness (QED) is 0.742. The molecule has 90 valence electrons. The van der Waals surface area contributed by atoms with E-state index in [4.69, 9.17) is 10.5 Å². The minimum Gasteiger partial charge on any atom is -0.494 e. The summed E-state index contributed by atoms with van der Waals surface area (Å²) in [6.07, 6.45) is 0. The van der Waals surface area contributed by atoms with Gasteiger partial charge < -0.3 is 10.5 Å². The molecule has 0 saturated heterocycles. The average Bonchev–Trinajstić information content (AvgIpc) is 2.72. The first kappa shape index (κ1) is 11.5. The molecule has 0 fully saturated rings. The second-order valence-electron chi connectivity index (χ2n) is 3.59. The fraction of sp³-hybridized carbons (Fsp3) is 0.250. The molecule has 1 aromatic heterocycles. The lowest BCUT2D eigenvalue weighted by atomic mass is 10.1. The summed E-state index contributed by atoms with van der Waals surface area (Å²) in [5.74, 6) is 0.809. The number of hydrogen-bond donors (Lipinski definition) is 3. The van der Waals surface area contributed by atoms with Crippen LogP contribution in [0.5, 0.6) is 5.75 Å². The van der Waals surface area contributed by atoms with Crippen LogP contribution in [0, 0.1) is 0 Å². The zero-order valence-corrected chi connectivity index (χ0v) is 9.62. The van der Waals surface area contributed by atoms with E-state index in [1.54, 1.807) is 0 Å². The molecule has 0 spiro atoms. The van der Waals surface area contributed by atoms with Crippen LogP contribution in [0.15, 0.2) is 29.1 Å². The van der Waals surface area contributed by atoms with Gasteiger partial charge in [0.25, 0.3) is 5.56 Å². The summed E-state index contributed by atoms with van der Waals surface area (Å²) in [6, 6.07) is 7.52. The molecular formula is C12H15N3O2. The number of H-pyrrole nitrogens is 2. The fourth-order valence-corrected chi connectivity index (χ4v) is 1.71. The first-order valence-corrected chi connectivity index (χ1v) is 5.49. The Morgan fingerprint density at radius 2 is 1.94 bits per heavy atom. The Labute approximate surface area is 98.6 Å². The lowest BCUT2D eigenvalue weighted by Gasteiger charge is -2.04. The lowest BCUT2D eigenvalue weighted by Crippen LogP contribution is -2.10. The van der Waals surface area contributed by atoms with Gasteiger partial charge in [0.05, 0.1) is 17.9 Å². The number of rotatable bonds is 4. The molecule has 0 aliphatic carbocycles. The van der Waals surface area contributed by atoms with Gasteiger partial charge in [-0.2, -0.15) is 0 Å². The molecular weight excluding hydrogens is 218 g/mol. The summed E-state index contributed by atoms with van der Waals surface area (Å²) in [5.41, 5.74) is 7.59. The highest BCUT2D eigenvalue weighted by Crippen LogP contribution is 2.21. The third-order valence-electron chi connectivity index (χ3n) is 2.54. The van der Waals surface area contributed by atoms with Crippen molar-refractivity contribution in [1.29, 1.82) is 0 Å². The van der Waals surface area contributed by atoms with Gasteiger partial charge in [-0.1, -0.05) is 0 Å². The number of benzene rings is 1. The van der Waals surface area contributed by atoms with Gasteiger partial charge in [0, 0.05) is 12.1 Å². The summed E-state index contributed by atoms with van der Waals surface area (Å²) in [6.45, 7) is 2.78. The van der Waals surface area contributed by atoms with E-state index in [-0.39, 0.29) is 12.1 Å². The molecule has 17 heavy (non-hydrogen) atoms. The highest BCUT2D eigenvalue weighted by Gasteiger charge is 2.09. The Kier molecular flexibility index (Phi) is 3.30. The molecule has 0 unspecified atom stereocenters. The van der Waals surface area contributed by atoms with E-state index >= 15 is 0 Å². The molecule has 5 heteroatoms. The molecule has 5 nitrogen and oxygen atoms in total. The van der Waals surface area contributed by atoms with Gasteiger partial charge in [0.15, 0.2) is 0 Å². The highest BCUT2D eigenvalue weighted by molar-refractivity contribution is 5.63. The molecule has 2 rings (SSSR count). The van der Waals surface area contributed by atoms with Gasteiger partial charge in [-0.25, -0.2) is 0 Å². The van der Waals surface area contributed by atoms with E-state index in [9.17, 15) is 4.79 Å². The van der Waals surface area contributed by atoms with E-state index in [0.717, 1.165) is 17.0 Å². The maximum absolute atomic E-state index is 11.4. The van der Waals surface area contributed by atoms with Crippen molar-refractivity contribution in [2.24, 2.45) is 5.73 Å². The third kappa shape index (κ3) is 2.24. The highest BCUT2D eigenvalue weighted by atomic mass is 16.5. The summed E-state index contributed by atoms with van der Waals surface area (Å²) in [7, 11) is 0. The Bertz CT molecular complexity index is 540. The number of nitrogens with one attached hydrogen (secondary N) is 2. The number of hydrogen-bond acceptors (Lipinski definition) is 3. The van der Waals surface area contributed by atoms with Gasteiger partial charge in [-0.05, 0) is 31.2 Å². The smallest absolute Gasteiger partial charge is 0.269 e. The minimum absolute atomic E-state index is 0.170. The molecule has 0 bridgehead atoms. The van der Waals surface area contributed by atoms with Crippen LogP contribution in [0.1, 0.15) is 12.5 Å². The second-order valence-corrected chi connectivity index (χ2v) is 3.59. The van der Waals surface area contributed by atoms with E-state index < -0.39 is 0 Å². The van der Waals surface area contributed by atoms with E-state index in [1.165, 1.54) is 0 Å². The van der Waals surface area contributed by atoms with Crippen LogP contribution in [0.25, 0.3) is 11.3 Å². The van der Waals surface area contributed by atoms with Crippen molar-refractivity contribution in [3.05, 3.63) is 40.2 Å². The van der Waals surface area contributed by atoms with E-state index in [0.29, 0.717) is 12.2 Å². The Morgan fingerprint density at radius 1 is 1.24 bits per heavy atom. The van der Waals surface area contributed by atoms with E-state index in [1.807, 2.05) is 31.2 Å². The molecule has 0 aliphatic rings. The first-order chi connectivity index (χ1) is 8.26. The Balaban J connectivity index is 2.36. The second kappa shape index (κ2) is 4.88. The van der Waals surface area contributed by atoms with Crippen LogP contribution >= 0.6 is 0 Å². The van der Waals surface area contributed by atoms with Crippen molar-refractivity contribution < 1.29 is 4.74 Å². The molecule has 0 saturated carbocycles. The monoisotopic (exact) mass is 233 g/mol. The first-order valence-electron chi connectivity index (χ1n) is 5.49. The summed E-state index contributed by atoms with van der Waals surface area (Å²) in [4.78, 5) is 11.4. The van der Waals surface area contributed by atoms with Crippen LogP contribution in [0.2, 0.25) is 0 Å². The van der Waals surface area contributed by atoms with Crippen molar-refractivity contribution in [2.45, 2.75) is 13.5 Å². The molecule has 1 aromatic carbocycles. The SMILES string of the molecule is CCOc1ccc(-c2[nH][nH]c(=O)c2CN)cc1.